The molecule has 2 amide bonds. The van der Waals surface area contributed by atoms with Gasteiger partial charge in [0.2, 0.25) is 0 Å². The highest BCUT2D eigenvalue weighted by molar-refractivity contribution is 9.10. The number of aromatic carboxylic acids is 1. The van der Waals surface area contributed by atoms with Gasteiger partial charge in [0, 0.05) is 10.2 Å². The number of halogens is 2. The van der Waals surface area contributed by atoms with Crippen LogP contribution >= 0.6 is 15.9 Å². The van der Waals surface area contributed by atoms with Gasteiger partial charge in [-0.1, -0.05) is 22.0 Å². The monoisotopic (exact) mass is 352 g/mol. The molecule has 0 aromatic heterocycles. The average molecular weight is 353 g/mol. The Morgan fingerprint density at radius 3 is 2.48 bits per heavy atom. The summed E-state index contributed by atoms with van der Waals surface area (Å²) in [5.74, 6) is -2.06. The maximum atomic E-state index is 13.7. The number of carbonyl (C=O) groups excluding carboxylic acids is 1. The molecule has 3 N–H and O–H groups in total. The molecular weight excluding hydrogens is 343 g/mol. The molecule has 0 bridgehead atoms. The fraction of sp³-hybridized carbons (Fsp3) is 0. The summed E-state index contributed by atoms with van der Waals surface area (Å²) in [4.78, 5) is 22.4. The van der Waals surface area contributed by atoms with Gasteiger partial charge in [0.25, 0.3) is 0 Å². The van der Waals surface area contributed by atoms with Gasteiger partial charge in [0.15, 0.2) is 0 Å². The molecule has 0 radical (unpaired) electrons. The summed E-state index contributed by atoms with van der Waals surface area (Å²) in [5, 5.41) is 13.6. The molecule has 5 nitrogen and oxygen atoms in total. The molecule has 0 saturated carbocycles. The number of carboxylic acid groups (broad SMARTS) is 1. The van der Waals surface area contributed by atoms with Crippen LogP contribution in [-0.4, -0.2) is 17.1 Å². The summed E-state index contributed by atoms with van der Waals surface area (Å²) in [5.41, 5.74) is 0.238. The first-order valence-corrected chi connectivity index (χ1v) is 6.61. The van der Waals surface area contributed by atoms with Gasteiger partial charge in [0.1, 0.15) is 5.82 Å². The largest absolute Gasteiger partial charge is 0.478 e. The number of rotatable bonds is 3. The first-order valence-electron chi connectivity index (χ1n) is 5.82. The van der Waals surface area contributed by atoms with Gasteiger partial charge < -0.3 is 15.7 Å². The van der Waals surface area contributed by atoms with E-state index in [1.165, 1.54) is 12.1 Å². The summed E-state index contributed by atoms with van der Waals surface area (Å²) < 4.78 is 14.4. The van der Waals surface area contributed by atoms with Gasteiger partial charge in [-0.15, -0.1) is 0 Å². The van der Waals surface area contributed by atoms with Gasteiger partial charge in [0.05, 0.1) is 11.3 Å². The Hall–Kier alpha value is -2.41. The van der Waals surface area contributed by atoms with Crippen molar-refractivity contribution in [2.75, 3.05) is 10.6 Å². The van der Waals surface area contributed by atoms with E-state index in [2.05, 4.69) is 26.6 Å². The minimum Gasteiger partial charge on any atom is -0.478 e. The van der Waals surface area contributed by atoms with Crippen molar-refractivity contribution >= 4 is 39.3 Å². The predicted octanol–water partition coefficient (Wildman–Crippen LogP) is 3.93. The number of urea groups is 1. The number of hydrogen-bond donors (Lipinski definition) is 3. The zero-order valence-corrected chi connectivity index (χ0v) is 12.1. The molecule has 108 valence electrons. The van der Waals surface area contributed by atoms with Gasteiger partial charge in [-0.2, -0.15) is 0 Å². The van der Waals surface area contributed by atoms with Gasteiger partial charge in [-0.3, -0.25) is 0 Å². The average Bonchev–Trinajstić information content (AvgIpc) is 2.40. The van der Waals surface area contributed by atoms with Gasteiger partial charge >= 0.3 is 12.0 Å². The lowest BCUT2D eigenvalue weighted by Crippen LogP contribution is -2.20. The Balaban J connectivity index is 2.08. The predicted molar refractivity (Wildman–Crippen MR) is 80.1 cm³/mol. The highest BCUT2D eigenvalue weighted by atomic mass is 79.9. The lowest BCUT2D eigenvalue weighted by atomic mass is 10.2. The Morgan fingerprint density at radius 2 is 1.86 bits per heavy atom. The normalized spacial score (nSPS) is 10.0. The Labute approximate surface area is 127 Å². The third kappa shape index (κ3) is 4.03. The SMILES string of the molecule is O=C(Nc1cccc(Br)c1)Nc1ccc(C(=O)O)cc1F. The highest BCUT2D eigenvalue weighted by Crippen LogP contribution is 2.18. The molecule has 0 unspecified atom stereocenters. The van der Waals surface area contributed by atoms with E-state index >= 15 is 0 Å². The van der Waals surface area contributed by atoms with E-state index in [9.17, 15) is 14.0 Å². The number of hydrogen-bond acceptors (Lipinski definition) is 2. The van der Waals surface area contributed by atoms with Crippen molar-refractivity contribution < 1.29 is 19.1 Å². The maximum absolute atomic E-state index is 13.7. The van der Waals surface area contributed by atoms with Crippen molar-refractivity contribution in [3.8, 4) is 0 Å². The summed E-state index contributed by atoms with van der Waals surface area (Å²) in [6, 6.07) is 9.51. The standard InChI is InChI=1S/C14H10BrFN2O3/c15-9-2-1-3-10(7-9)17-14(21)18-12-5-4-8(13(19)20)6-11(12)16/h1-7H,(H,19,20)(H2,17,18,21). The fourth-order valence-corrected chi connectivity index (χ4v) is 2.00. The quantitative estimate of drug-likeness (QED) is 0.782. The molecule has 0 aliphatic carbocycles. The van der Waals surface area contributed by atoms with Crippen molar-refractivity contribution in [3.63, 3.8) is 0 Å². The molecule has 0 atom stereocenters. The molecule has 7 heteroatoms. The lowest BCUT2D eigenvalue weighted by Gasteiger charge is -2.09. The number of carboxylic acids is 1. The molecule has 2 rings (SSSR count). The van der Waals surface area contributed by atoms with Crippen LogP contribution in [0.4, 0.5) is 20.6 Å². The van der Waals surface area contributed by atoms with E-state index in [-0.39, 0.29) is 11.3 Å². The number of benzene rings is 2. The topological polar surface area (TPSA) is 78.4 Å². The summed E-state index contributed by atoms with van der Waals surface area (Å²) in [6.07, 6.45) is 0. The molecule has 21 heavy (non-hydrogen) atoms. The Kier molecular flexibility index (Phi) is 4.54. The van der Waals surface area contributed by atoms with Crippen molar-refractivity contribution in [2.24, 2.45) is 0 Å². The number of nitrogens with one attached hydrogen (secondary N) is 2. The van der Waals surface area contributed by atoms with Gasteiger partial charge in [-0.05, 0) is 36.4 Å². The smallest absolute Gasteiger partial charge is 0.335 e. The molecule has 0 saturated heterocycles. The van der Waals surface area contributed by atoms with E-state index in [4.69, 9.17) is 5.11 Å². The van der Waals surface area contributed by atoms with Crippen molar-refractivity contribution in [1.82, 2.24) is 0 Å². The first kappa shape index (κ1) is 15.0. The first-order chi connectivity index (χ1) is 9.95. The van der Waals surface area contributed by atoms with Crippen LogP contribution in [-0.2, 0) is 0 Å². The molecule has 0 heterocycles. The minimum absolute atomic E-state index is 0.104. The van der Waals surface area contributed by atoms with Gasteiger partial charge in [-0.25, -0.2) is 14.0 Å². The van der Waals surface area contributed by atoms with E-state index < -0.39 is 17.8 Å². The van der Waals surface area contributed by atoms with E-state index in [1.807, 2.05) is 0 Å². The maximum Gasteiger partial charge on any atom is 0.335 e. The van der Waals surface area contributed by atoms with Crippen LogP contribution in [0.5, 0.6) is 0 Å². The van der Waals surface area contributed by atoms with E-state index in [0.29, 0.717) is 5.69 Å². The second kappa shape index (κ2) is 6.36. The Bertz CT molecular complexity index is 706. The molecule has 0 fully saturated rings. The summed E-state index contributed by atoms with van der Waals surface area (Å²) in [7, 11) is 0. The van der Waals surface area contributed by atoms with Crippen LogP contribution in [0.3, 0.4) is 0 Å². The van der Waals surface area contributed by atoms with Crippen molar-refractivity contribution in [1.29, 1.82) is 0 Å². The second-order valence-electron chi connectivity index (χ2n) is 4.09. The lowest BCUT2D eigenvalue weighted by molar-refractivity contribution is 0.0696. The van der Waals surface area contributed by atoms with Crippen LogP contribution in [0.1, 0.15) is 10.4 Å². The Morgan fingerprint density at radius 1 is 1.10 bits per heavy atom. The van der Waals surface area contributed by atoms with Crippen LogP contribution in [0.25, 0.3) is 0 Å². The third-order valence-corrected chi connectivity index (χ3v) is 3.04. The number of anilines is 2. The zero-order valence-electron chi connectivity index (χ0n) is 10.6. The summed E-state index contributed by atoms with van der Waals surface area (Å²) in [6.45, 7) is 0. The molecule has 2 aromatic rings. The number of carbonyl (C=O) groups is 2. The van der Waals surface area contributed by atoms with Crippen molar-refractivity contribution in [3.05, 3.63) is 58.3 Å². The fourth-order valence-electron chi connectivity index (χ4n) is 1.60. The second-order valence-corrected chi connectivity index (χ2v) is 5.00. The molecular formula is C14H10BrFN2O3. The van der Waals surface area contributed by atoms with Crippen LogP contribution < -0.4 is 10.6 Å². The van der Waals surface area contributed by atoms with Crippen LogP contribution in [0.2, 0.25) is 0 Å². The number of amides is 2. The minimum atomic E-state index is -1.24. The summed E-state index contributed by atoms with van der Waals surface area (Å²) >= 11 is 3.26. The van der Waals surface area contributed by atoms with Crippen molar-refractivity contribution in [2.45, 2.75) is 0 Å². The molecule has 2 aromatic carbocycles. The van der Waals surface area contributed by atoms with Crippen LogP contribution in [0.15, 0.2) is 46.9 Å². The van der Waals surface area contributed by atoms with E-state index in [0.717, 1.165) is 10.5 Å². The molecule has 0 aliphatic rings. The van der Waals surface area contributed by atoms with E-state index in [1.54, 1.807) is 24.3 Å². The third-order valence-electron chi connectivity index (χ3n) is 2.55. The zero-order chi connectivity index (χ0) is 15.4. The molecule has 0 spiro atoms. The highest BCUT2D eigenvalue weighted by Gasteiger charge is 2.10. The molecule has 0 aliphatic heterocycles. The van der Waals surface area contributed by atoms with Crippen LogP contribution in [0, 0.1) is 5.82 Å².